The molecule has 0 radical (unpaired) electrons. The second-order valence-corrected chi connectivity index (χ2v) is 9.07. The van der Waals surface area contributed by atoms with Crippen molar-refractivity contribution in [3.63, 3.8) is 0 Å². The zero-order chi connectivity index (χ0) is 18.9. The van der Waals surface area contributed by atoms with E-state index in [-0.39, 0.29) is 0 Å². The quantitative estimate of drug-likeness (QED) is 0.817. The summed E-state index contributed by atoms with van der Waals surface area (Å²) in [6.07, 6.45) is 12.0. The standard InChI is InChI=1S/C23H33N5/c1-26-17-24-25-23(26)15-18-7-11-27(12-8-18)21-9-13-28(14-10-21)22-6-5-19-3-2-4-20(19)16-22/h5-6,16-18,21H,2-4,7-15H2,1H3. The van der Waals surface area contributed by atoms with E-state index in [2.05, 4.69) is 49.8 Å². The lowest BCUT2D eigenvalue weighted by Crippen LogP contribution is -2.48. The van der Waals surface area contributed by atoms with Gasteiger partial charge in [0, 0.05) is 38.3 Å². The summed E-state index contributed by atoms with van der Waals surface area (Å²) in [5, 5.41) is 8.30. The van der Waals surface area contributed by atoms with Crippen LogP contribution in [0.1, 0.15) is 49.1 Å². The summed E-state index contributed by atoms with van der Waals surface area (Å²) >= 11 is 0. The van der Waals surface area contributed by atoms with E-state index in [0.29, 0.717) is 0 Å². The molecule has 0 bridgehead atoms. The Morgan fingerprint density at radius 2 is 1.75 bits per heavy atom. The van der Waals surface area contributed by atoms with Gasteiger partial charge < -0.3 is 14.4 Å². The summed E-state index contributed by atoms with van der Waals surface area (Å²) in [4.78, 5) is 5.39. The predicted octanol–water partition coefficient (Wildman–Crippen LogP) is 3.23. The number of likely N-dealkylation sites (tertiary alicyclic amines) is 1. The minimum Gasteiger partial charge on any atom is -0.371 e. The first kappa shape index (κ1) is 18.2. The van der Waals surface area contributed by atoms with Gasteiger partial charge in [0.05, 0.1) is 0 Å². The van der Waals surface area contributed by atoms with Gasteiger partial charge in [-0.3, -0.25) is 0 Å². The van der Waals surface area contributed by atoms with Gasteiger partial charge >= 0.3 is 0 Å². The van der Waals surface area contributed by atoms with Crippen LogP contribution >= 0.6 is 0 Å². The van der Waals surface area contributed by atoms with Gasteiger partial charge in [0.1, 0.15) is 12.2 Å². The molecule has 1 aliphatic carbocycles. The molecule has 2 fully saturated rings. The zero-order valence-electron chi connectivity index (χ0n) is 17.2. The number of piperidine rings is 2. The van der Waals surface area contributed by atoms with Crippen LogP contribution in [0, 0.1) is 5.92 Å². The third-order valence-electron chi connectivity index (χ3n) is 7.35. The molecule has 5 rings (SSSR count). The number of benzene rings is 1. The first-order chi connectivity index (χ1) is 13.8. The Kier molecular flexibility index (Phi) is 5.10. The van der Waals surface area contributed by atoms with Crippen molar-refractivity contribution < 1.29 is 0 Å². The van der Waals surface area contributed by atoms with E-state index < -0.39 is 0 Å². The van der Waals surface area contributed by atoms with Crippen LogP contribution in [0.25, 0.3) is 0 Å². The third-order valence-corrected chi connectivity index (χ3v) is 7.35. The Hall–Kier alpha value is -1.88. The van der Waals surface area contributed by atoms with Gasteiger partial charge in [0.25, 0.3) is 0 Å². The maximum Gasteiger partial charge on any atom is 0.132 e. The van der Waals surface area contributed by atoms with Gasteiger partial charge in [-0.05, 0) is 87.2 Å². The molecule has 28 heavy (non-hydrogen) atoms. The van der Waals surface area contributed by atoms with Crippen LogP contribution in [0.5, 0.6) is 0 Å². The van der Waals surface area contributed by atoms with Gasteiger partial charge in [-0.25, -0.2) is 0 Å². The molecule has 2 saturated heterocycles. The number of hydrogen-bond donors (Lipinski definition) is 0. The van der Waals surface area contributed by atoms with Gasteiger partial charge in [0.15, 0.2) is 0 Å². The Labute approximate surface area is 168 Å². The van der Waals surface area contributed by atoms with Crippen LogP contribution in [0.4, 0.5) is 5.69 Å². The van der Waals surface area contributed by atoms with Crippen molar-refractivity contribution in [2.24, 2.45) is 13.0 Å². The molecule has 150 valence electrons. The molecule has 0 unspecified atom stereocenters. The van der Waals surface area contributed by atoms with E-state index in [1.54, 1.807) is 11.1 Å². The fourth-order valence-electron chi connectivity index (χ4n) is 5.52. The second-order valence-electron chi connectivity index (χ2n) is 9.07. The van der Waals surface area contributed by atoms with E-state index in [1.807, 2.05) is 6.33 Å². The van der Waals surface area contributed by atoms with Crippen molar-refractivity contribution in [1.29, 1.82) is 0 Å². The molecule has 3 aliphatic rings. The molecule has 0 atom stereocenters. The fourth-order valence-corrected chi connectivity index (χ4v) is 5.52. The monoisotopic (exact) mass is 379 g/mol. The SMILES string of the molecule is Cn1cnnc1CC1CCN(C2CCN(c3ccc4c(c3)CCC4)CC2)CC1. The summed E-state index contributed by atoms with van der Waals surface area (Å²) in [5.41, 5.74) is 4.65. The Morgan fingerprint density at radius 3 is 2.50 bits per heavy atom. The number of aryl methyl sites for hydroxylation is 3. The molecule has 2 aliphatic heterocycles. The lowest BCUT2D eigenvalue weighted by molar-refractivity contribution is 0.114. The Bertz CT molecular complexity index is 797. The molecule has 0 saturated carbocycles. The maximum atomic E-state index is 4.27. The maximum absolute atomic E-state index is 4.27. The van der Waals surface area contributed by atoms with Crippen molar-refractivity contribution in [2.75, 3.05) is 31.1 Å². The van der Waals surface area contributed by atoms with Gasteiger partial charge in [-0.2, -0.15) is 0 Å². The van der Waals surface area contributed by atoms with Crippen molar-refractivity contribution in [1.82, 2.24) is 19.7 Å². The lowest BCUT2D eigenvalue weighted by atomic mass is 9.91. The molecule has 0 spiro atoms. The minimum absolute atomic E-state index is 0.769. The number of hydrogen-bond acceptors (Lipinski definition) is 4. The highest BCUT2D eigenvalue weighted by atomic mass is 15.2. The number of anilines is 1. The van der Waals surface area contributed by atoms with Crippen LogP contribution in [-0.4, -0.2) is 51.9 Å². The van der Waals surface area contributed by atoms with E-state index >= 15 is 0 Å². The number of aromatic nitrogens is 3. The number of rotatable bonds is 4. The van der Waals surface area contributed by atoms with Crippen molar-refractivity contribution in [3.05, 3.63) is 41.5 Å². The topological polar surface area (TPSA) is 37.2 Å². The molecule has 0 amide bonds. The van der Waals surface area contributed by atoms with Crippen LogP contribution < -0.4 is 4.90 Å². The van der Waals surface area contributed by atoms with E-state index in [0.717, 1.165) is 24.2 Å². The molecular formula is C23H33N5. The molecular weight excluding hydrogens is 346 g/mol. The average Bonchev–Trinajstić information content (AvgIpc) is 3.37. The highest BCUT2D eigenvalue weighted by Crippen LogP contribution is 2.30. The summed E-state index contributed by atoms with van der Waals surface area (Å²) in [5.74, 6) is 1.91. The van der Waals surface area contributed by atoms with E-state index in [4.69, 9.17) is 0 Å². The smallest absolute Gasteiger partial charge is 0.132 e. The number of nitrogens with zero attached hydrogens (tertiary/aromatic N) is 5. The lowest BCUT2D eigenvalue weighted by Gasteiger charge is -2.42. The molecule has 0 N–H and O–H groups in total. The summed E-state index contributed by atoms with van der Waals surface area (Å²) in [6.45, 7) is 4.93. The van der Waals surface area contributed by atoms with Gasteiger partial charge in [-0.15, -0.1) is 10.2 Å². The Balaban J connectivity index is 1.11. The molecule has 2 aromatic rings. The van der Waals surface area contributed by atoms with Crippen LogP contribution in [0.15, 0.2) is 24.5 Å². The number of fused-ring (bicyclic) bond motifs is 1. The fraction of sp³-hybridized carbons (Fsp3) is 0.652. The third kappa shape index (κ3) is 3.69. The molecule has 5 nitrogen and oxygen atoms in total. The molecule has 1 aromatic heterocycles. The molecule has 3 heterocycles. The average molecular weight is 380 g/mol. The summed E-state index contributed by atoms with van der Waals surface area (Å²) < 4.78 is 2.07. The largest absolute Gasteiger partial charge is 0.371 e. The van der Waals surface area contributed by atoms with Crippen molar-refractivity contribution >= 4 is 5.69 Å². The van der Waals surface area contributed by atoms with Crippen LogP contribution in [0.2, 0.25) is 0 Å². The predicted molar refractivity (Wildman–Crippen MR) is 113 cm³/mol. The minimum atomic E-state index is 0.769. The highest BCUT2D eigenvalue weighted by Gasteiger charge is 2.29. The molecule has 5 heteroatoms. The van der Waals surface area contributed by atoms with Gasteiger partial charge in [0.2, 0.25) is 0 Å². The Morgan fingerprint density at radius 1 is 0.964 bits per heavy atom. The van der Waals surface area contributed by atoms with Crippen LogP contribution in [0.3, 0.4) is 0 Å². The second kappa shape index (κ2) is 7.86. The zero-order valence-corrected chi connectivity index (χ0v) is 17.2. The summed E-state index contributed by atoms with van der Waals surface area (Å²) in [7, 11) is 2.05. The highest BCUT2D eigenvalue weighted by molar-refractivity contribution is 5.52. The van der Waals surface area contributed by atoms with E-state index in [9.17, 15) is 0 Å². The van der Waals surface area contributed by atoms with E-state index in [1.165, 1.54) is 76.8 Å². The van der Waals surface area contributed by atoms with Crippen molar-refractivity contribution in [2.45, 2.75) is 57.4 Å². The van der Waals surface area contributed by atoms with Crippen molar-refractivity contribution in [3.8, 4) is 0 Å². The molecule has 1 aromatic carbocycles. The first-order valence-electron chi connectivity index (χ1n) is 11.2. The van der Waals surface area contributed by atoms with Gasteiger partial charge in [-0.1, -0.05) is 6.07 Å². The first-order valence-corrected chi connectivity index (χ1v) is 11.2. The normalized spacial score (nSPS) is 22.0. The van der Waals surface area contributed by atoms with Crippen LogP contribution in [-0.2, 0) is 26.3 Å². The summed E-state index contributed by atoms with van der Waals surface area (Å²) in [6, 6.07) is 8.00.